The van der Waals surface area contributed by atoms with Gasteiger partial charge in [-0.2, -0.15) is 0 Å². The molecule has 3 nitrogen and oxygen atoms in total. The molecule has 0 aromatic rings. The van der Waals surface area contributed by atoms with Gasteiger partial charge in [-0.1, -0.05) is 20.8 Å². The maximum Gasteiger partial charge on any atom is 0.332 e. The molecule has 0 spiro atoms. The maximum absolute atomic E-state index is 5.42. The lowest BCUT2D eigenvalue weighted by Crippen LogP contribution is -1.98. The molecule has 0 unspecified atom stereocenters. The molecule has 0 atom stereocenters. The van der Waals surface area contributed by atoms with Crippen LogP contribution in [-0.4, -0.2) is 19.8 Å². The van der Waals surface area contributed by atoms with Crippen molar-refractivity contribution in [3.63, 3.8) is 0 Å². The van der Waals surface area contributed by atoms with Crippen molar-refractivity contribution in [2.75, 3.05) is 19.8 Å². The Morgan fingerprint density at radius 2 is 1.00 bits per heavy atom. The molecule has 13 heavy (non-hydrogen) atoms. The van der Waals surface area contributed by atoms with Gasteiger partial charge >= 0.3 is 8.60 Å². The Bertz CT molecular complexity index is 81.8. The van der Waals surface area contributed by atoms with E-state index in [9.17, 15) is 0 Å². The third-order valence-corrected chi connectivity index (χ3v) is 2.38. The van der Waals surface area contributed by atoms with Gasteiger partial charge in [-0.3, -0.25) is 0 Å². The molecule has 0 aliphatic carbocycles. The van der Waals surface area contributed by atoms with Crippen LogP contribution in [0.1, 0.15) is 40.0 Å². The molecule has 0 N–H and O–H groups in total. The fraction of sp³-hybridized carbons (Fsp3) is 1.00. The topological polar surface area (TPSA) is 27.7 Å². The van der Waals surface area contributed by atoms with Gasteiger partial charge in [0, 0.05) is 0 Å². The second kappa shape index (κ2) is 10.4. The minimum atomic E-state index is -1.08. The van der Waals surface area contributed by atoms with E-state index in [4.69, 9.17) is 13.6 Å². The van der Waals surface area contributed by atoms with Crippen molar-refractivity contribution in [3.8, 4) is 0 Å². The quantitative estimate of drug-likeness (QED) is 0.543. The zero-order valence-electron chi connectivity index (χ0n) is 8.91. The minimum absolute atomic E-state index is 0.721. The number of rotatable bonds is 9. The molecule has 0 saturated carbocycles. The molecule has 4 heteroatoms. The second-order valence-electron chi connectivity index (χ2n) is 2.72. The molecular weight excluding hydrogens is 187 g/mol. The highest BCUT2D eigenvalue weighted by Gasteiger charge is 2.10. The van der Waals surface area contributed by atoms with Gasteiger partial charge in [-0.25, -0.2) is 0 Å². The van der Waals surface area contributed by atoms with Gasteiger partial charge in [0.15, 0.2) is 0 Å². The Morgan fingerprint density at radius 3 is 1.23 bits per heavy atom. The molecule has 0 saturated heterocycles. The SMILES string of the molecule is CCCOP(OCCC)OCCC. The average Bonchev–Trinajstić information content (AvgIpc) is 2.17. The Labute approximate surface area is 82.8 Å². The fourth-order valence-corrected chi connectivity index (χ4v) is 1.83. The first-order valence-corrected chi connectivity index (χ1v) is 6.13. The van der Waals surface area contributed by atoms with Crippen LogP contribution in [0.3, 0.4) is 0 Å². The highest BCUT2D eigenvalue weighted by Crippen LogP contribution is 2.39. The van der Waals surface area contributed by atoms with Crippen LogP contribution >= 0.6 is 8.60 Å². The summed E-state index contributed by atoms with van der Waals surface area (Å²) in [6, 6.07) is 0. The predicted octanol–water partition coefficient (Wildman–Crippen LogP) is 3.49. The summed E-state index contributed by atoms with van der Waals surface area (Å²) in [5, 5.41) is 0. The molecule has 0 amide bonds. The van der Waals surface area contributed by atoms with E-state index in [2.05, 4.69) is 20.8 Å². The van der Waals surface area contributed by atoms with E-state index < -0.39 is 8.60 Å². The third-order valence-electron chi connectivity index (χ3n) is 1.20. The van der Waals surface area contributed by atoms with E-state index in [0.29, 0.717) is 0 Å². The second-order valence-corrected chi connectivity index (χ2v) is 3.95. The highest BCUT2D eigenvalue weighted by molar-refractivity contribution is 7.41. The van der Waals surface area contributed by atoms with Gasteiger partial charge in [0.25, 0.3) is 0 Å². The standard InChI is InChI=1S/C9H21O3P/c1-4-7-10-13(11-8-5-2)12-9-6-3/h4-9H2,1-3H3. The van der Waals surface area contributed by atoms with Crippen molar-refractivity contribution < 1.29 is 13.6 Å². The summed E-state index contributed by atoms with van der Waals surface area (Å²) in [5.41, 5.74) is 0. The van der Waals surface area contributed by atoms with Crippen molar-refractivity contribution in [2.45, 2.75) is 40.0 Å². The van der Waals surface area contributed by atoms with Crippen molar-refractivity contribution in [1.82, 2.24) is 0 Å². The molecule has 0 fully saturated rings. The lowest BCUT2D eigenvalue weighted by molar-refractivity contribution is 0.160. The molecule has 0 aromatic carbocycles. The Balaban J connectivity index is 3.47. The van der Waals surface area contributed by atoms with Gasteiger partial charge in [-0.15, -0.1) is 0 Å². The summed E-state index contributed by atoms with van der Waals surface area (Å²) in [6.07, 6.45) is 3.01. The normalized spacial score (nSPS) is 11.1. The molecular formula is C9H21O3P. The summed E-state index contributed by atoms with van der Waals surface area (Å²) in [5.74, 6) is 0. The molecule has 0 aliphatic heterocycles. The fourth-order valence-electron chi connectivity index (χ4n) is 0.609. The van der Waals surface area contributed by atoms with Crippen molar-refractivity contribution in [1.29, 1.82) is 0 Å². The van der Waals surface area contributed by atoms with E-state index in [1.54, 1.807) is 0 Å². The first-order chi connectivity index (χ1) is 6.35. The summed E-state index contributed by atoms with van der Waals surface area (Å²) >= 11 is 0. The van der Waals surface area contributed by atoms with E-state index >= 15 is 0 Å². The monoisotopic (exact) mass is 208 g/mol. The summed E-state index contributed by atoms with van der Waals surface area (Å²) in [7, 11) is -1.08. The molecule has 0 aliphatic rings. The van der Waals surface area contributed by atoms with Crippen LogP contribution < -0.4 is 0 Å². The van der Waals surface area contributed by atoms with E-state index in [0.717, 1.165) is 39.1 Å². The third kappa shape index (κ3) is 8.63. The largest absolute Gasteiger partial charge is 0.332 e. The van der Waals surface area contributed by atoms with Gasteiger partial charge in [0.1, 0.15) is 0 Å². The first kappa shape index (κ1) is 13.3. The molecule has 80 valence electrons. The molecule has 0 radical (unpaired) electrons. The molecule has 0 heterocycles. The lowest BCUT2D eigenvalue weighted by atomic mass is 10.5. The van der Waals surface area contributed by atoms with Crippen LogP contribution in [-0.2, 0) is 13.6 Å². The zero-order valence-corrected chi connectivity index (χ0v) is 9.81. The summed E-state index contributed by atoms with van der Waals surface area (Å²) < 4.78 is 16.2. The van der Waals surface area contributed by atoms with Crippen LogP contribution in [0.25, 0.3) is 0 Å². The lowest BCUT2D eigenvalue weighted by Gasteiger charge is -2.15. The Kier molecular flexibility index (Phi) is 10.6. The van der Waals surface area contributed by atoms with Gasteiger partial charge in [0.05, 0.1) is 19.8 Å². The molecule has 0 aromatic heterocycles. The van der Waals surface area contributed by atoms with E-state index in [-0.39, 0.29) is 0 Å². The first-order valence-electron chi connectivity index (χ1n) is 5.04. The van der Waals surface area contributed by atoms with Crippen LogP contribution in [0, 0.1) is 0 Å². The minimum Gasteiger partial charge on any atom is -0.312 e. The van der Waals surface area contributed by atoms with E-state index in [1.807, 2.05) is 0 Å². The van der Waals surface area contributed by atoms with E-state index in [1.165, 1.54) is 0 Å². The Morgan fingerprint density at radius 1 is 0.692 bits per heavy atom. The summed E-state index contributed by atoms with van der Waals surface area (Å²) in [6.45, 7) is 8.39. The van der Waals surface area contributed by atoms with Crippen LogP contribution in [0.15, 0.2) is 0 Å². The van der Waals surface area contributed by atoms with Crippen molar-refractivity contribution in [2.24, 2.45) is 0 Å². The number of hydrogen-bond acceptors (Lipinski definition) is 3. The Hall–Kier alpha value is 0.310. The van der Waals surface area contributed by atoms with Crippen LogP contribution in [0.4, 0.5) is 0 Å². The maximum atomic E-state index is 5.42. The van der Waals surface area contributed by atoms with Gasteiger partial charge < -0.3 is 13.6 Å². The zero-order chi connectivity index (χ0) is 9.94. The van der Waals surface area contributed by atoms with Crippen molar-refractivity contribution >= 4 is 8.60 Å². The summed E-state index contributed by atoms with van der Waals surface area (Å²) in [4.78, 5) is 0. The van der Waals surface area contributed by atoms with Crippen molar-refractivity contribution in [3.05, 3.63) is 0 Å². The molecule has 0 bridgehead atoms. The van der Waals surface area contributed by atoms with Gasteiger partial charge in [0.2, 0.25) is 0 Å². The predicted molar refractivity (Wildman–Crippen MR) is 55.6 cm³/mol. The number of hydrogen-bond donors (Lipinski definition) is 0. The smallest absolute Gasteiger partial charge is 0.312 e. The average molecular weight is 208 g/mol. The highest BCUT2D eigenvalue weighted by atomic mass is 31.2. The van der Waals surface area contributed by atoms with Crippen LogP contribution in [0.5, 0.6) is 0 Å². The van der Waals surface area contributed by atoms with Gasteiger partial charge in [-0.05, 0) is 19.3 Å². The van der Waals surface area contributed by atoms with Crippen LogP contribution in [0.2, 0.25) is 0 Å². The molecule has 0 rings (SSSR count).